The zero-order chi connectivity index (χ0) is 35.3. The van der Waals surface area contributed by atoms with Gasteiger partial charge in [0.05, 0.1) is 19.6 Å². The molecule has 0 N–H and O–H groups in total. The van der Waals surface area contributed by atoms with Gasteiger partial charge in [0.1, 0.15) is 44.4 Å². The molecule has 0 aliphatic rings. The lowest BCUT2D eigenvalue weighted by molar-refractivity contribution is -0.00100. The summed E-state index contributed by atoms with van der Waals surface area (Å²) in [5, 5.41) is 18.5. The van der Waals surface area contributed by atoms with Gasteiger partial charge >= 0.3 is 0 Å². The summed E-state index contributed by atoms with van der Waals surface area (Å²) in [7, 11) is -3.03. The largest absolute Gasteiger partial charge is 1.00 e. The maximum atomic E-state index is 8.96. The first-order chi connectivity index (χ1) is 25.2. The quantitative estimate of drug-likeness (QED) is 0.199. The van der Waals surface area contributed by atoms with Crippen LogP contribution in [0.5, 0.6) is 0 Å². The number of rotatable bonds is 10. The Bertz CT molecular complexity index is 1990. The molecule has 7 heteroatoms. The lowest BCUT2D eigenvalue weighted by atomic mass is 10.2. The van der Waals surface area contributed by atoms with Gasteiger partial charge in [0.25, 0.3) is 0 Å². The fraction of sp³-hybridized carbons (Fsp3) is 0.0851. The minimum absolute atomic E-state index is 0. The van der Waals surface area contributed by atoms with Crippen molar-refractivity contribution in [3.8, 4) is 6.07 Å². The molecule has 0 aromatic heterocycles. The summed E-state index contributed by atoms with van der Waals surface area (Å²) in [6.07, 6.45) is 0. The van der Waals surface area contributed by atoms with Gasteiger partial charge in [-0.05, 0) is 111 Å². The van der Waals surface area contributed by atoms with Gasteiger partial charge in [0.2, 0.25) is 0 Å². The molecule has 54 heavy (non-hydrogen) atoms. The maximum absolute atomic E-state index is 8.96. The molecule has 0 amide bonds. The summed E-state index contributed by atoms with van der Waals surface area (Å²) >= 11 is 0. The fourth-order valence-electron chi connectivity index (χ4n) is 6.76. The van der Waals surface area contributed by atoms with Crippen molar-refractivity contribution in [2.45, 2.75) is 13.8 Å². The van der Waals surface area contributed by atoms with Crippen molar-refractivity contribution in [3.05, 3.63) is 206 Å². The third-order valence-electron chi connectivity index (χ3n) is 9.20. The van der Waals surface area contributed by atoms with E-state index < -0.39 is 15.2 Å². The van der Waals surface area contributed by atoms with Crippen molar-refractivity contribution in [3.63, 3.8) is 0 Å². The van der Waals surface area contributed by atoms with Crippen LogP contribution in [0.25, 0.3) is 0 Å². The number of halogens is 3. The van der Waals surface area contributed by atoms with Gasteiger partial charge < -0.3 is 29.7 Å². The zero-order valence-corrected chi connectivity index (χ0v) is 34.7. The molecular weight excluding hydrogens is 761 g/mol. The molecule has 0 atom stereocenters. The summed E-state index contributed by atoms with van der Waals surface area (Å²) in [5.41, 5.74) is 2.01. The summed E-state index contributed by atoms with van der Waals surface area (Å²) in [4.78, 5) is 2.43. The van der Waals surface area contributed by atoms with Gasteiger partial charge in [-0.15, -0.1) is 12.4 Å². The van der Waals surface area contributed by atoms with Crippen molar-refractivity contribution in [2.75, 3.05) is 18.0 Å². The van der Waals surface area contributed by atoms with Gasteiger partial charge in [0.15, 0.2) is 0 Å². The highest BCUT2D eigenvalue weighted by Crippen LogP contribution is 2.54. The Morgan fingerprint density at radius 1 is 0.463 bits per heavy atom. The molecule has 7 aromatic rings. The molecule has 7 rings (SSSR count). The van der Waals surface area contributed by atoms with Crippen LogP contribution < -0.4 is 66.8 Å². The van der Waals surface area contributed by atoms with Gasteiger partial charge in [-0.1, -0.05) is 97.1 Å². The second-order valence-corrected chi connectivity index (χ2v) is 18.1. The summed E-state index contributed by atoms with van der Waals surface area (Å²) in [5.74, 6) is 0. The maximum Gasteiger partial charge on any atom is 0.144 e. The van der Waals surface area contributed by atoms with Gasteiger partial charge in [-0.2, -0.15) is 5.26 Å². The SMILES string of the molecule is CCN(CC)c1cccc([P+](c2ccccc2)(c2ccccc2)c2ccccc2)c1.Cl.N#Cc1ccc([PH+](c2ccccc2)c2ccccc2)cc1.[Cl-].[Cl-]. The molecule has 0 saturated carbocycles. The smallest absolute Gasteiger partial charge is 0.144 e. The molecular formula is C47H45Cl3N2P2. The molecule has 0 spiro atoms. The van der Waals surface area contributed by atoms with Gasteiger partial charge in [-0.3, -0.25) is 0 Å². The third kappa shape index (κ3) is 10.00. The van der Waals surface area contributed by atoms with E-state index in [9.17, 15) is 0 Å². The van der Waals surface area contributed by atoms with E-state index in [1.54, 1.807) is 0 Å². The van der Waals surface area contributed by atoms with E-state index in [1.807, 2.05) is 24.3 Å². The summed E-state index contributed by atoms with van der Waals surface area (Å²) < 4.78 is 0. The van der Waals surface area contributed by atoms with Gasteiger partial charge in [-0.25, -0.2) is 0 Å². The molecule has 274 valence electrons. The fourth-order valence-corrected chi connectivity index (χ4v) is 13.6. The van der Waals surface area contributed by atoms with Crippen LogP contribution >= 0.6 is 27.6 Å². The molecule has 0 aliphatic carbocycles. The topological polar surface area (TPSA) is 27.0 Å². The van der Waals surface area contributed by atoms with Crippen LogP contribution in [0.4, 0.5) is 5.69 Å². The average molecular weight is 806 g/mol. The number of hydrogen-bond acceptors (Lipinski definition) is 2. The lowest BCUT2D eigenvalue weighted by Gasteiger charge is -2.29. The first kappa shape index (κ1) is 44.0. The second kappa shape index (κ2) is 22.1. The highest BCUT2D eigenvalue weighted by Gasteiger charge is 2.47. The molecule has 7 aromatic carbocycles. The van der Waals surface area contributed by atoms with E-state index in [-0.39, 0.29) is 37.2 Å². The van der Waals surface area contributed by atoms with Crippen LogP contribution in [0.3, 0.4) is 0 Å². The van der Waals surface area contributed by atoms with Crippen LogP contribution in [-0.2, 0) is 0 Å². The number of hydrogen-bond donors (Lipinski definition) is 0. The predicted molar refractivity (Wildman–Crippen MR) is 233 cm³/mol. The van der Waals surface area contributed by atoms with E-state index in [1.165, 1.54) is 42.8 Å². The van der Waals surface area contributed by atoms with Crippen molar-refractivity contribution in [1.82, 2.24) is 0 Å². The summed E-state index contributed by atoms with van der Waals surface area (Å²) in [6, 6.07) is 73.8. The Morgan fingerprint density at radius 3 is 1.19 bits per heavy atom. The Morgan fingerprint density at radius 2 is 0.815 bits per heavy atom. The normalized spacial score (nSPS) is 10.3. The molecule has 0 bridgehead atoms. The number of anilines is 1. The van der Waals surface area contributed by atoms with Crippen LogP contribution in [0, 0.1) is 11.3 Å². The molecule has 0 radical (unpaired) electrons. The van der Waals surface area contributed by atoms with E-state index in [0.717, 1.165) is 13.1 Å². The predicted octanol–water partition coefficient (Wildman–Crippen LogP) is 2.63. The standard InChI is InChI=1S/C28H29NP.C19H14NP.3ClH/c1-3-29(4-2)24-15-14-22-28(23-24)30(25-16-8-5-9-17-25,26-18-10-6-11-19-26)27-20-12-7-13-21-27;20-15-16-11-13-19(14-12-16)21(17-7-3-1-4-8-17)18-9-5-2-6-10-18;;;/h5-23H,3-4H2,1-2H3;1-14H;3*1H/q+1;;;;/p-1. The van der Waals surface area contributed by atoms with Crippen LogP contribution in [-0.4, -0.2) is 13.1 Å². The molecule has 0 unspecified atom stereocenters. The number of nitrogens with zero attached hydrogens (tertiary/aromatic N) is 2. The first-order valence-electron chi connectivity index (χ1n) is 17.6. The average Bonchev–Trinajstić information content (AvgIpc) is 3.22. The molecule has 0 saturated heterocycles. The van der Waals surface area contributed by atoms with Crippen LogP contribution in [0.2, 0.25) is 0 Å². The Hall–Kier alpha value is -4.44. The van der Waals surface area contributed by atoms with Crippen molar-refractivity contribution < 1.29 is 24.8 Å². The molecule has 0 fully saturated rings. The lowest BCUT2D eigenvalue weighted by Crippen LogP contribution is -3.00. The van der Waals surface area contributed by atoms with Gasteiger partial charge in [0, 0.05) is 24.8 Å². The third-order valence-corrected chi connectivity index (χ3v) is 16.2. The van der Waals surface area contributed by atoms with Crippen LogP contribution in [0.1, 0.15) is 19.4 Å². The van der Waals surface area contributed by atoms with Crippen molar-refractivity contribution in [1.29, 1.82) is 5.26 Å². The van der Waals surface area contributed by atoms with Crippen molar-refractivity contribution in [2.24, 2.45) is 0 Å². The van der Waals surface area contributed by atoms with E-state index in [0.29, 0.717) is 5.56 Å². The Kier molecular flexibility index (Phi) is 18.0. The zero-order valence-electron chi connectivity index (χ0n) is 30.5. The van der Waals surface area contributed by atoms with Crippen LogP contribution in [0.15, 0.2) is 200 Å². The summed E-state index contributed by atoms with van der Waals surface area (Å²) in [6.45, 7) is 6.47. The highest BCUT2D eigenvalue weighted by molar-refractivity contribution is 8.01. The number of nitriles is 1. The van der Waals surface area contributed by atoms with Crippen molar-refractivity contribution >= 4 is 70.4 Å². The molecule has 0 aliphatic heterocycles. The minimum atomic E-state index is -2.02. The monoisotopic (exact) mass is 804 g/mol. The highest BCUT2D eigenvalue weighted by atomic mass is 35.5. The van der Waals surface area contributed by atoms with E-state index in [2.05, 4.69) is 201 Å². The van der Waals surface area contributed by atoms with E-state index in [4.69, 9.17) is 5.26 Å². The Balaban J connectivity index is 0.000000290. The Labute approximate surface area is 342 Å². The molecule has 2 nitrogen and oxygen atoms in total. The van der Waals surface area contributed by atoms with E-state index >= 15 is 0 Å². The minimum Gasteiger partial charge on any atom is -1.00 e. The number of benzene rings is 7. The first-order valence-corrected chi connectivity index (χ1v) is 20.9. The molecule has 0 heterocycles. The second-order valence-electron chi connectivity index (χ2n) is 12.2.